The molecule has 0 bridgehead atoms. The summed E-state index contributed by atoms with van der Waals surface area (Å²) in [7, 11) is 0. The molecule has 2 aliphatic rings. The van der Waals surface area contributed by atoms with Crippen molar-refractivity contribution in [2.24, 2.45) is 0 Å². The van der Waals surface area contributed by atoms with E-state index in [4.69, 9.17) is 0 Å². The number of carbonyl (C=O) groups excluding carboxylic acids is 1. The summed E-state index contributed by atoms with van der Waals surface area (Å²) in [4.78, 5) is 14.3. The van der Waals surface area contributed by atoms with Crippen LogP contribution >= 0.6 is 0 Å². The average molecular weight is 331 g/mol. The lowest BCUT2D eigenvalue weighted by Gasteiger charge is -2.32. The lowest BCUT2D eigenvalue weighted by atomic mass is 9.85. The van der Waals surface area contributed by atoms with E-state index in [-0.39, 0.29) is 6.03 Å². The van der Waals surface area contributed by atoms with Gasteiger partial charge in [0.1, 0.15) is 0 Å². The number of hydrogen-bond acceptors (Lipinski definition) is 3. The first-order valence-electron chi connectivity index (χ1n) is 9.18. The van der Waals surface area contributed by atoms with Crippen molar-refractivity contribution in [3.63, 3.8) is 0 Å². The Morgan fingerprint density at radius 2 is 1.88 bits per heavy atom. The highest BCUT2D eigenvalue weighted by Crippen LogP contribution is 2.27. The van der Waals surface area contributed by atoms with E-state index in [9.17, 15) is 9.90 Å². The standard InChI is InChI=1S/C19H29N3O2/c23-18(21-15-19(24)9-4-1-5-10-19)20-11-13-22-12-8-16-6-2-3-7-17(16)14-22/h2-3,6-7,24H,1,4-5,8-15H2,(H2,20,21,23). The van der Waals surface area contributed by atoms with Gasteiger partial charge < -0.3 is 15.7 Å². The molecule has 0 aromatic heterocycles. The topological polar surface area (TPSA) is 64.6 Å². The molecule has 2 amide bonds. The number of amides is 2. The molecule has 3 N–H and O–H groups in total. The Hall–Kier alpha value is -1.59. The van der Waals surface area contributed by atoms with Crippen molar-refractivity contribution >= 4 is 6.03 Å². The molecule has 1 aliphatic carbocycles. The van der Waals surface area contributed by atoms with E-state index >= 15 is 0 Å². The van der Waals surface area contributed by atoms with E-state index < -0.39 is 5.60 Å². The summed E-state index contributed by atoms with van der Waals surface area (Å²) in [6.07, 6.45) is 5.95. The summed E-state index contributed by atoms with van der Waals surface area (Å²) >= 11 is 0. The number of hydrogen-bond donors (Lipinski definition) is 3. The van der Waals surface area contributed by atoms with Crippen LogP contribution in [0, 0.1) is 0 Å². The van der Waals surface area contributed by atoms with Crippen molar-refractivity contribution in [3.8, 4) is 0 Å². The Balaban J connectivity index is 1.34. The summed E-state index contributed by atoms with van der Waals surface area (Å²) in [5, 5.41) is 16.1. The largest absolute Gasteiger partial charge is 0.388 e. The van der Waals surface area contributed by atoms with Crippen LogP contribution in [0.2, 0.25) is 0 Å². The minimum atomic E-state index is -0.702. The van der Waals surface area contributed by atoms with Crippen LogP contribution in [0.1, 0.15) is 43.2 Å². The number of nitrogens with zero attached hydrogens (tertiary/aromatic N) is 1. The number of nitrogens with one attached hydrogen (secondary N) is 2. The average Bonchev–Trinajstić information content (AvgIpc) is 2.61. The lowest BCUT2D eigenvalue weighted by Crippen LogP contribution is -2.48. The molecule has 1 aromatic rings. The molecular weight excluding hydrogens is 302 g/mol. The van der Waals surface area contributed by atoms with Crippen LogP contribution in [0.25, 0.3) is 0 Å². The van der Waals surface area contributed by atoms with Crippen molar-refractivity contribution < 1.29 is 9.90 Å². The number of urea groups is 1. The normalized spacial score (nSPS) is 20.2. The Bertz CT molecular complexity index is 555. The molecule has 3 rings (SSSR count). The van der Waals surface area contributed by atoms with Gasteiger partial charge in [0.05, 0.1) is 5.60 Å². The molecule has 0 saturated heterocycles. The maximum absolute atomic E-state index is 11.9. The van der Waals surface area contributed by atoms with Crippen LogP contribution < -0.4 is 10.6 Å². The number of carbonyl (C=O) groups is 1. The van der Waals surface area contributed by atoms with Crippen LogP contribution in [0.3, 0.4) is 0 Å². The number of fused-ring (bicyclic) bond motifs is 1. The lowest BCUT2D eigenvalue weighted by molar-refractivity contribution is 0.00719. The van der Waals surface area contributed by atoms with Crippen molar-refractivity contribution in [1.29, 1.82) is 0 Å². The van der Waals surface area contributed by atoms with Gasteiger partial charge in [-0.05, 0) is 30.4 Å². The third kappa shape index (κ3) is 4.71. The summed E-state index contributed by atoms with van der Waals surface area (Å²) in [5.41, 5.74) is 2.14. The molecule has 0 atom stereocenters. The molecule has 0 radical (unpaired) electrons. The first kappa shape index (κ1) is 17.2. The van der Waals surface area contributed by atoms with Gasteiger partial charge in [0.15, 0.2) is 0 Å². The zero-order valence-electron chi connectivity index (χ0n) is 14.4. The van der Waals surface area contributed by atoms with Gasteiger partial charge in [-0.15, -0.1) is 0 Å². The Labute approximate surface area is 144 Å². The molecule has 0 spiro atoms. The molecule has 1 aliphatic heterocycles. The van der Waals surface area contributed by atoms with E-state index in [0.717, 1.165) is 51.7 Å². The minimum absolute atomic E-state index is 0.175. The minimum Gasteiger partial charge on any atom is -0.388 e. The fraction of sp³-hybridized carbons (Fsp3) is 0.632. The van der Waals surface area contributed by atoms with Crippen LogP contribution in [0.5, 0.6) is 0 Å². The smallest absolute Gasteiger partial charge is 0.314 e. The maximum Gasteiger partial charge on any atom is 0.314 e. The molecule has 132 valence electrons. The molecule has 1 saturated carbocycles. The number of aliphatic hydroxyl groups is 1. The second kappa shape index (κ2) is 7.99. The van der Waals surface area contributed by atoms with Crippen molar-refractivity contribution in [3.05, 3.63) is 35.4 Å². The first-order chi connectivity index (χ1) is 11.6. The van der Waals surface area contributed by atoms with Crippen molar-refractivity contribution in [2.45, 2.75) is 50.7 Å². The molecule has 0 unspecified atom stereocenters. The molecule has 1 aromatic carbocycles. The van der Waals surface area contributed by atoms with Crippen LogP contribution in [-0.2, 0) is 13.0 Å². The van der Waals surface area contributed by atoms with Gasteiger partial charge in [-0.3, -0.25) is 4.90 Å². The van der Waals surface area contributed by atoms with Gasteiger partial charge in [0, 0.05) is 32.7 Å². The zero-order chi connectivity index (χ0) is 16.8. The van der Waals surface area contributed by atoms with Gasteiger partial charge in [-0.2, -0.15) is 0 Å². The summed E-state index contributed by atoms with van der Waals surface area (Å²) in [5.74, 6) is 0. The predicted molar refractivity (Wildman–Crippen MR) is 94.9 cm³/mol. The number of benzene rings is 1. The van der Waals surface area contributed by atoms with Gasteiger partial charge >= 0.3 is 6.03 Å². The van der Waals surface area contributed by atoms with Gasteiger partial charge in [-0.25, -0.2) is 4.79 Å². The Morgan fingerprint density at radius 3 is 2.67 bits per heavy atom. The maximum atomic E-state index is 11.9. The third-order valence-corrected chi connectivity index (χ3v) is 5.29. The van der Waals surface area contributed by atoms with Crippen LogP contribution in [0.15, 0.2) is 24.3 Å². The highest BCUT2D eigenvalue weighted by molar-refractivity contribution is 5.73. The highest BCUT2D eigenvalue weighted by Gasteiger charge is 2.29. The molecule has 5 nitrogen and oxygen atoms in total. The first-order valence-corrected chi connectivity index (χ1v) is 9.18. The Morgan fingerprint density at radius 1 is 1.12 bits per heavy atom. The molecule has 1 heterocycles. The second-order valence-corrected chi connectivity index (χ2v) is 7.19. The van der Waals surface area contributed by atoms with E-state index in [1.165, 1.54) is 17.5 Å². The fourth-order valence-corrected chi connectivity index (χ4v) is 3.77. The quantitative estimate of drug-likeness (QED) is 0.774. The van der Waals surface area contributed by atoms with Gasteiger partial charge in [0.2, 0.25) is 0 Å². The van der Waals surface area contributed by atoms with Crippen LogP contribution in [0.4, 0.5) is 4.79 Å². The second-order valence-electron chi connectivity index (χ2n) is 7.19. The summed E-state index contributed by atoms with van der Waals surface area (Å²) < 4.78 is 0. The zero-order valence-corrected chi connectivity index (χ0v) is 14.4. The molecule has 24 heavy (non-hydrogen) atoms. The van der Waals surface area contributed by atoms with Crippen LogP contribution in [-0.4, -0.2) is 47.8 Å². The van der Waals surface area contributed by atoms with E-state index in [1.807, 2.05) is 0 Å². The molecule has 5 heteroatoms. The fourth-order valence-electron chi connectivity index (χ4n) is 3.77. The van der Waals surface area contributed by atoms with E-state index in [1.54, 1.807) is 0 Å². The van der Waals surface area contributed by atoms with E-state index in [2.05, 4.69) is 39.8 Å². The van der Waals surface area contributed by atoms with Gasteiger partial charge in [0.25, 0.3) is 0 Å². The van der Waals surface area contributed by atoms with Crippen molar-refractivity contribution in [1.82, 2.24) is 15.5 Å². The highest BCUT2D eigenvalue weighted by atomic mass is 16.3. The van der Waals surface area contributed by atoms with Crippen molar-refractivity contribution in [2.75, 3.05) is 26.2 Å². The summed E-state index contributed by atoms with van der Waals surface area (Å²) in [6.45, 7) is 3.84. The summed E-state index contributed by atoms with van der Waals surface area (Å²) in [6, 6.07) is 8.40. The third-order valence-electron chi connectivity index (χ3n) is 5.29. The van der Waals surface area contributed by atoms with E-state index in [0.29, 0.717) is 13.1 Å². The SMILES string of the molecule is O=C(NCCN1CCc2ccccc2C1)NCC1(O)CCCCC1. The molecule has 1 fully saturated rings. The van der Waals surface area contributed by atoms with Gasteiger partial charge in [-0.1, -0.05) is 43.5 Å². The number of rotatable bonds is 5. The monoisotopic (exact) mass is 331 g/mol. The predicted octanol–water partition coefficient (Wildman–Crippen LogP) is 2.04. The Kier molecular flexibility index (Phi) is 5.74. The molecular formula is C19H29N3O2.